The molecule has 0 saturated carbocycles. The van der Waals surface area contributed by atoms with Gasteiger partial charge in [0.05, 0.1) is 41.0 Å². The van der Waals surface area contributed by atoms with Crippen molar-refractivity contribution in [1.29, 1.82) is 0 Å². The number of hydrogen-bond acceptors (Lipinski definition) is 6. The lowest BCUT2D eigenvalue weighted by Crippen LogP contribution is -2.47. The summed E-state index contributed by atoms with van der Waals surface area (Å²) >= 11 is 13.5. The van der Waals surface area contributed by atoms with E-state index in [-0.39, 0.29) is 36.1 Å². The number of carbonyl (C=O) groups excluding carboxylic acids is 3. The Kier molecular flexibility index (Phi) is 10.3. The van der Waals surface area contributed by atoms with Gasteiger partial charge in [-0.2, -0.15) is 0 Å². The number of nitrogens with zero attached hydrogens (tertiary/aromatic N) is 1. The first kappa shape index (κ1) is 26.6. The summed E-state index contributed by atoms with van der Waals surface area (Å²) in [5, 5.41) is 6.51. The Hall–Kier alpha value is -2.04. The number of rotatable bonds is 10. The molecule has 2 aliphatic rings. The van der Waals surface area contributed by atoms with Crippen molar-refractivity contribution in [1.82, 2.24) is 15.5 Å². The molecule has 11 heteroatoms. The van der Waals surface area contributed by atoms with Crippen molar-refractivity contribution < 1.29 is 19.1 Å². The summed E-state index contributed by atoms with van der Waals surface area (Å²) in [5.74, 6) is -0.967. The first-order chi connectivity index (χ1) is 16.3. The predicted octanol–water partition coefficient (Wildman–Crippen LogP) is 2.11. The van der Waals surface area contributed by atoms with Crippen molar-refractivity contribution in [2.45, 2.75) is 19.1 Å². The fourth-order valence-electron chi connectivity index (χ4n) is 3.58. The average molecular weight is 527 g/mol. The van der Waals surface area contributed by atoms with Gasteiger partial charge in [-0.15, -0.1) is 11.8 Å². The van der Waals surface area contributed by atoms with E-state index in [4.69, 9.17) is 33.7 Å². The second-order valence-electron chi connectivity index (χ2n) is 8.06. The molecule has 0 radical (unpaired) electrons. The first-order valence-electron chi connectivity index (χ1n) is 10.9. The third-order valence-electron chi connectivity index (χ3n) is 5.35. The highest BCUT2D eigenvalue weighted by atomic mass is 35.5. The predicted molar refractivity (Wildman–Crippen MR) is 134 cm³/mol. The lowest BCUT2D eigenvalue weighted by atomic mass is 10.00. The summed E-state index contributed by atoms with van der Waals surface area (Å²) in [5.41, 5.74) is 6.12. The van der Waals surface area contributed by atoms with Crippen LogP contribution in [0.15, 0.2) is 41.3 Å². The molecule has 0 aromatic heterocycles. The maximum Gasteiger partial charge on any atom is 0.236 e. The van der Waals surface area contributed by atoms with Crippen LogP contribution in [0.5, 0.6) is 0 Å². The molecule has 184 valence electrons. The number of halogens is 2. The lowest BCUT2D eigenvalue weighted by Gasteiger charge is -2.33. The normalized spacial score (nSPS) is 20.5. The van der Waals surface area contributed by atoms with E-state index in [0.29, 0.717) is 36.2 Å². The second-order valence-corrected chi connectivity index (χ2v) is 9.92. The molecular formula is C23H28Cl2N4O4S. The number of benzene rings is 1. The van der Waals surface area contributed by atoms with Gasteiger partial charge in [0.1, 0.15) is 0 Å². The molecule has 1 saturated heterocycles. The lowest BCUT2D eigenvalue weighted by molar-refractivity contribution is -0.126. The van der Waals surface area contributed by atoms with Crippen LogP contribution in [-0.2, 0) is 25.7 Å². The fourth-order valence-corrected chi connectivity index (χ4v) is 4.69. The Bertz CT molecular complexity index is 972. The Morgan fingerprint density at radius 1 is 1.21 bits per heavy atom. The molecule has 8 nitrogen and oxygen atoms in total. The molecule has 0 spiro atoms. The van der Waals surface area contributed by atoms with E-state index in [1.165, 1.54) is 11.8 Å². The van der Waals surface area contributed by atoms with Crippen molar-refractivity contribution >= 4 is 52.7 Å². The van der Waals surface area contributed by atoms with E-state index in [1.54, 1.807) is 12.1 Å². The molecule has 1 fully saturated rings. The molecule has 0 bridgehead atoms. The van der Waals surface area contributed by atoms with Crippen LogP contribution in [0.25, 0.3) is 0 Å². The quantitative estimate of drug-likeness (QED) is 0.430. The number of morpholine rings is 1. The van der Waals surface area contributed by atoms with Crippen LogP contribution in [-0.4, -0.2) is 67.3 Å². The molecule has 1 unspecified atom stereocenters. The zero-order valence-corrected chi connectivity index (χ0v) is 20.9. The number of carbonyl (C=O) groups is 3. The number of thioether (sulfide) groups is 1. The molecule has 3 rings (SSSR count). The molecular weight excluding hydrogens is 499 g/mol. The highest BCUT2D eigenvalue weighted by Crippen LogP contribution is 2.25. The van der Waals surface area contributed by atoms with Gasteiger partial charge >= 0.3 is 0 Å². The highest BCUT2D eigenvalue weighted by Gasteiger charge is 2.22. The van der Waals surface area contributed by atoms with E-state index < -0.39 is 5.91 Å². The zero-order chi connectivity index (χ0) is 24.5. The van der Waals surface area contributed by atoms with Gasteiger partial charge in [-0.25, -0.2) is 0 Å². The summed E-state index contributed by atoms with van der Waals surface area (Å²) < 4.78 is 5.80. The monoisotopic (exact) mass is 526 g/mol. The van der Waals surface area contributed by atoms with Crippen LogP contribution in [0.2, 0.25) is 10.0 Å². The highest BCUT2D eigenvalue weighted by molar-refractivity contribution is 8.03. The van der Waals surface area contributed by atoms with Gasteiger partial charge < -0.3 is 21.1 Å². The van der Waals surface area contributed by atoms with Gasteiger partial charge in [-0.1, -0.05) is 47.5 Å². The smallest absolute Gasteiger partial charge is 0.236 e. The summed E-state index contributed by atoms with van der Waals surface area (Å²) in [4.78, 5) is 38.2. The number of primary amides is 1. The third kappa shape index (κ3) is 8.63. The molecule has 34 heavy (non-hydrogen) atoms. The van der Waals surface area contributed by atoms with E-state index in [2.05, 4.69) is 15.5 Å². The number of hydrogen-bond donors (Lipinski definition) is 3. The molecule has 1 aliphatic carbocycles. The zero-order valence-electron chi connectivity index (χ0n) is 18.6. The van der Waals surface area contributed by atoms with E-state index in [0.717, 1.165) is 23.6 Å². The Morgan fingerprint density at radius 2 is 2.03 bits per heavy atom. The largest absolute Gasteiger partial charge is 0.374 e. The van der Waals surface area contributed by atoms with Crippen molar-refractivity contribution in [3.05, 3.63) is 56.9 Å². The summed E-state index contributed by atoms with van der Waals surface area (Å²) in [6, 6.07) is 5.63. The molecule has 2 atom stereocenters. The van der Waals surface area contributed by atoms with Crippen molar-refractivity contribution in [3.63, 3.8) is 0 Å². The van der Waals surface area contributed by atoms with Crippen LogP contribution in [0, 0.1) is 5.92 Å². The topological polar surface area (TPSA) is 114 Å². The Morgan fingerprint density at radius 3 is 2.74 bits per heavy atom. The molecule has 4 N–H and O–H groups in total. The summed E-state index contributed by atoms with van der Waals surface area (Å²) in [7, 11) is 0. The van der Waals surface area contributed by atoms with Gasteiger partial charge in [-0.05, 0) is 24.1 Å². The third-order valence-corrected chi connectivity index (χ3v) is 7.13. The summed E-state index contributed by atoms with van der Waals surface area (Å²) in [6.07, 6.45) is 5.93. The Balaban J connectivity index is 1.35. The number of allylic oxidation sites excluding steroid dienone is 2. The molecule has 1 heterocycles. The summed E-state index contributed by atoms with van der Waals surface area (Å²) in [6.45, 7) is 3.12. The van der Waals surface area contributed by atoms with Gasteiger partial charge in [0, 0.05) is 31.1 Å². The molecule has 1 aromatic carbocycles. The number of ether oxygens (including phenoxy) is 1. The van der Waals surface area contributed by atoms with Crippen LogP contribution < -0.4 is 16.4 Å². The molecule has 1 aliphatic heterocycles. The van der Waals surface area contributed by atoms with Crippen LogP contribution in [0.3, 0.4) is 0 Å². The standard InChI is InChI=1S/C23H28Cl2N4O4S/c24-19-6-1-15(9-20(19)25)12-29-7-8-33-17(13-29)10-27-22(31)14-34-18-4-2-16(3-5-18)23(32)28-11-21(26)30/h1-2,4-6,9,16-17H,3,7-8,10-14H2,(H2,26,30)(H,27,31)(H,28,32)/t16?,17-/m0/s1. The number of nitrogens with one attached hydrogen (secondary N) is 2. The average Bonchev–Trinajstić information content (AvgIpc) is 2.83. The maximum atomic E-state index is 12.3. The van der Waals surface area contributed by atoms with Crippen LogP contribution in [0.4, 0.5) is 0 Å². The maximum absolute atomic E-state index is 12.3. The number of amides is 3. The van der Waals surface area contributed by atoms with Crippen molar-refractivity contribution in [2.75, 3.05) is 38.5 Å². The van der Waals surface area contributed by atoms with Gasteiger partial charge in [0.25, 0.3) is 0 Å². The minimum atomic E-state index is -0.580. The fraction of sp³-hybridized carbons (Fsp3) is 0.435. The van der Waals surface area contributed by atoms with E-state index in [1.807, 2.05) is 24.3 Å². The van der Waals surface area contributed by atoms with Gasteiger partial charge in [-0.3, -0.25) is 19.3 Å². The van der Waals surface area contributed by atoms with E-state index >= 15 is 0 Å². The SMILES string of the molecule is NC(=O)CNC(=O)C1C=CC(SCC(=O)NC[C@H]2CN(Cc3ccc(Cl)c(Cl)c3)CCO2)=CC1. The molecule has 3 amide bonds. The van der Waals surface area contributed by atoms with Crippen LogP contribution in [0.1, 0.15) is 12.0 Å². The first-order valence-corrected chi connectivity index (χ1v) is 12.7. The minimum Gasteiger partial charge on any atom is -0.374 e. The van der Waals surface area contributed by atoms with Crippen LogP contribution >= 0.6 is 35.0 Å². The molecule has 1 aromatic rings. The van der Waals surface area contributed by atoms with Gasteiger partial charge in [0.15, 0.2) is 0 Å². The van der Waals surface area contributed by atoms with Crippen molar-refractivity contribution in [3.8, 4) is 0 Å². The van der Waals surface area contributed by atoms with E-state index in [9.17, 15) is 14.4 Å². The van der Waals surface area contributed by atoms with Gasteiger partial charge in [0.2, 0.25) is 17.7 Å². The Labute approximate surface area is 213 Å². The second kappa shape index (κ2) is 13.2. The minimum absolute atomic E-state index is 0.0779. The number of nitrogens with two attached hydrogens (primary N) is 1. The van der Waals surface area contributed by atoms with Crippen molar-refractivity contribution in [2.24, 2.45) is 11.7 Å².